The van der Waals surface area contributed by atoms with Crippen LogP contribution in [0, 0.1) is 13.8 Å². The molecular weight excluding hydrogens is 346 g/mol. The van der Waals surface area contributed by atoms with Crippen LogP contribution in [0.15, 0.2) is 35.1 Å². The van der Waals surface area contributed by atoms with E-state index in [9.17, 15) is 9.59 Å². The van der Waals surface area contributed by atoms with Gasteiger partial charge in [0.15, 0.2) is 0 Å². The summed E-state index contributed by atoms with van der Waals surface area (Å²) in [5.41, 5.74) is 0.311. The second-order valence-corrected chi connectivity index (χ2v) is 7.20. The first kappa shape index (κ1) is 16.7. The normalized spacial score (nSPS) is 12.3. The summed E-state index contributed by atoms with van der Waals surface area (Å²) in [6.07, 6.45) is 0. The van der Waals surface area contributed by atoms with Crippen molar-refractivity contribution in [3.63, 3.8) is 0 Å². The summed E-state index contributed by atoms with van der Waals surface area (Å²) in [7, 11) is 0. The molecule has 24 heavy (non-hydrogen) atoms. The number of amides is 1. The molecule has 1 amide bonds. The van der Waals surface area contributed by atoms with Crippen LogP contribution >= 0.6 is 22.9 Å². The number of para-hydroxylation sites is 1. The van der Waals surface area contributed by atoms with Gasteiger partial charge in [-0.3, -0.25) is 14.2 Å². The fraction of sp³-hybridized carbons (Fsp3) is 0.235. The summed E-state index contributed by atoms with van der Waals surface area (Å²) < 4.78 is 1.42. The van der Waals surface area contributed by atoms with Crippen molar-refractivity contribution in [1.29, 1.82) is 0 Å². The molecule has 0 saturated heterocycles. The van der Waals surface area contributed by atoms with E-state index in [1.54, 1.807) is 38.1 Å². The predicted octanol–water partition coefficient (Wildman–Crippen LogP) is 3.93. The highest BCUT2D eigenvalue weighted by Crippen LogP contribution is 2.23. The zero-order valence-electron chi connectivity index (χ0n) is 13.5. The average Bonchev–Trinajstić information content (AvgIpc) is 2.90. The highest BCUT2D eigenvalue weighted by atomic mass is 35.5. The zero-order chi connectivity index (χ0) is 17.4. The van der Waals surface area contributed by atoms with Crippen LogP contribution in [-0.4, -0.2) is 15.5 Å². The van der Waals surface area contributed by atoms with E-state index in [2.05, 4.69) is 10.3 Å². The Hall–Kier alpha value is -2.18. The number of thiophene rings is 1. The number of hydrogen-bond donors (Lipinski definition) is 1. The molecule has 7 heteroatoms. The van der Waals surface area contributed by atoms with Crippen molar-refractivity contribution < 1.29 is 4.79 Å². The van der Waals surface area contributed by atoms with E-state index >= 15 is 0 Å². The molecule has 5 nitrogen and oxygen atoms in total. The number of benzene rings is 1. The van der Waals surface area contributed by atoms with Gasteiger partial charge >= 0.3 is 0 Å². The minimum absolute atomic E-state index is 0.205. The van der Waals surface area contributed by atoms with Gasteiger partial charge in [0.05, 0.1) is 16.1 Å². The molecule has 1 aromatic carbocycles. The minimum Gasteiger partial charge on any atom is -0.323 e. The minimum atomic E-state index is -0.703. The third kappa shape index (κ3) is 2.95. The summed E-state index contributed by atoms with van der Waals surface area (Å²) in [5, 5.41) is 3.75. The number of aryl methyl sites for hydroxylation is 2. The summed E-state index contributed by atoms with van der Waals surface area (Å²) >= 11 is 7.54. The fourth-order valence-corrected chi connectivity index (χ4v) is 3.69. The summed E-state index contributed by atoms with van der Waals surface area (Å²) in [5.74, 6) is 0.192. The second-order valence-electron chi connectivity index (χ2n) is 5.56. The van der Waals surface area contributed by atoms with Crippen molar-refractivity contribution in [1.82, 2.24) is 9.55 Å². The van der Waals surface area contributed by atoms with Gasteiger partial charge in [0, 0.05) is 4.88 Å². The van der Waals surface area contributed by atoms with Gasteiger partial charge in [-0.25, -0.2) is 4.98 Å². The Kier molecular flexibility index (Phi) is 4.43. The lowest BCUT2D eigenvalue weighted by Gasteiger charge is -2.17. The number of aromatic nitrogens is 2. The van der Waals surface area contributed by atoms with Crippen molar-refractivity contribution in [2.75, 3.05) is 5.32 Å². The number of anilines is 1. The van der Waals surface area contributed by atoms with E-state index in [0.717, 1.165) is 4.88 Å². The highest BCUT2D eigenvalue weighted by Gasteiger charge is 2.21. The van der Waals surface area contributed by atoms with Crippen LogP contribution in [0.3, 0.4) is 0 Å². The zero-order valence-corrected chi connectivity index (χ0v) is 15.0. The molecule has 0 saturated carbocycles. The van der Waals surface area contributed by atoms with Crippen LogP contribution in [0.1, 0.15) is 23.7 Å². The molecule has 1 atom stereocenters. The predicted molar refractivity (Wildman–Crippen MR) is 98.1 cm³/mol. The number of rotatable bonds is 3. The molecular formula is C17H16ClN3O2S. The smallest absolute Gasteiger partial charge is 0.263 e. The quantitative estimate of drug-likeness (QED) is 0.768. The molecule has 0 aliphatic carbocycles. The van der Waals surface area contributed by atoms with Gasteiger partial charge in [0.25, 0.3) is 5.56 Å². The summed E-state index contributed by atoms with van der Waals surface area (Å²) in [4.78, 5) is 31.5. The van der Waals surface area contributed by atoms with Gasteiger partial charge < -0.3 is 5.32 Å². The van der Waals surface area contributed by atoms with Crippen LogP contribution in [-0.2, 0) is 4.79 Å². The lowest BCUT2D eigenvalue weighted by atomic mass is 10.2. The maximum Gasteiger partial charge on any atom is 0.263 e. The topological polar surface area (TPSA) is 64.0 Å². The number of halogens is 1. The molecule has 1 N–H and O–H groups in total. The summed E-state index contributed by atoms with van der Waals surface area (Å²) in [6, 6.07) is 8.08. The van der Waals surface area contributed by atoms with Crippen molar-refractivity contribution in [3.8, 4) is 0 Å². The largest absolute Gasteiger partial charge is 0.323 e. The van der Waals surface area contributed by atoms with Crippen LogP contribution in [0.2, 0.25) is 5.02 Å². The van der Waals surface area contributed by atoms with Crippen LogP contribution in [0.25, 0.3) is 10.2 Å². The van der Waals surface area contributed by atoms with E-state index < -0.39 is 6.04 Å². The van der Waals surface area contributed by atoms with Gasteiger partial charge in [0.1, 0.15) is 16.7 Å². The van der Waals surface area contributed by atoms with Crippen molar-refractivity contribution in [2.24, 2.45) is 0 Å². The standard InChI is InChI=1S/C17H16ClN3O2S/c1-9-8-12-16(24-9)19-11(3)21(17(12)23)10(2)15(22)20-14-7-5-4-6-13(14)18/h4-8,10H,1-3H3,(H,20,22). The van der Waals surface area contributed by atoms with Crippen molar-refractivity contribution in [2.45, 2.75) is 26.8 Å². The first-order valence-electron chi connectivity index (χ1n) is 7.43. The number of hydrogen-bond acceptors (Lipinski definition) is 4. The maximum absolute atomic E-state index is 12.8. The monoisotopic (exact) mass is 361 g/mol. The third-order valence-electron chi connectivity index (χ3n) is 3.80. The van der Waals surface area contributed by atoms with Crippen molar-refractivity contribution >= 4 is 44.7 Å². The number of fused-ring (bicyclic) bond motifs is 1. The highest BCUT2D eigenvalue weighted by molar-refractivity contribution is 7.18. The Bertz CT molecular complexity index is 993. The molecule has 3 aromatic rings. The van der Waals surface area contributed by atoms with E-state index in [1.807, 2.05) is 13.0 Å². The molecule has 0 spiro atoms. The molecule has 0 fully saturated rings. The number of nitrogens with one attached hydrogen (secondary N) is 1. The SMILES string of the molecule is Cc1cc2c(=O)n(C(C)C(=O)Nc3ccccc3Cl)c(C)nc2s1. The molecule has 2 aromatic heterocycles. The average molecular weight is 362 g/mol. The lowest BCUT2D eigenvalue weighted by molar-refractivity contribution is -0.118. The second kappa shape index (κ2) is 6.37. The number of nitrogens with zero attached hydrogens (tertiary/aromatic N) is 2. The van der Waals surface area contributed by atoms with Crippen molar-refractivity contribution in [3.05, 3.63) is 56.4 Å². The molecule has 0 bridgehead atoms. The molecule has 0 radical (unpaired) electrons. The first-order chi connectivity index (χ1) is 11.4. The Balaban J connectivity index is 1.99. The molecule has 0 aliphatic heterocycles. The van der Waals surface area contributed by atoms with Gasteiger partial charge in [-0.1, -0.05) is 23.7 Å². The van der Waals surface area contributed by atoms with Crippen LogP contribution < -0.4 is 10.9 Å². The maximum atomic E-state index is 12.8. The van der Waals surface area contributed by atoms with E-state index in [0.29, 0.717) is 26.8 Å². The van der Waals surface area contributed by atoms with Crippen LogP contribution in [0.5, 0.6) is 0 Å². The fourth-order valence-electron chi connectivity index (χ4n) is 2.59. The molecule has 3 rings (SSSR count). The Morgan fingerprint density at radius 1 is 1.33 bits per heavy atom. The van der Waals surface area contributed by atoms with E-state index in [-0.39, 0.29) is 11.5 Å². The first-order valence-corrected chi connectivity index (χ1v) is 8.62. The Morgan fingerprint density at radius 3 is 2.75 bits per heavy atom. The van der Waals surface area contributed by atoms with E-state index in [1.165, 1.54) is 15.9 Å². The Labute approximate surface area is 147 Å². The van der Waals surface area contributed by atoms with Gasteiger partial charge in [0.2, 0.25) is 5.91 Å². The Morgan fingerprint density at radius 2 is 2.04 bits per heavy atom. The van der Waals surface area contributed by atoms with Crippen LogP contribution in [0.4, 0.5) is 5.69 Å². The molecule has 1 unspecified atom stereocenters. The van der Waals surface area contributed by atoms with Gasteiger partial charge in [-0.05, 0) is 39.0 Å². The third-order valence-corrected chi connectivity index (χ3v) is 5.07. The van der Waals surface area contributed by atoms with Gasteiger partial charge in [-0.15, -0.1) is 11.3 Å². The summed E-state index contributed by atoms with van der Waals surface area (Å²) in [6.45, 7) is 5.33. The molecule has 0 aliphatic rings. The van der Waals surface area contributed by atoms with Gasteiger partial charge in [-0.2, -0.15) is 0 Å². The lowest BCUT2D eigenvalue weighted by Crippen LogP contribution is -2.33. The number of carbonyl (C=O) groups is 1. The molecule has 2 heterocycles. The number of carbonyl (C=O) groups excluding carboxylic acids is 1. The van der Waals surface area contributed by atoms with E-state index in [4.69, 9.17) is 11.6 Å². The molecule has 124 valence electrons.